The van der Waals surface area contributed by atoms with E-state index in [-0.39, 0.29) is 25.2 Å². The lowest BCUT2D eigenvalue weighted by atomic mass is 10.2. The number of H-pyrrole nitrogens is 1. The van der Waals surface area contributed by atoms with Crippen molar-refractivity contribution in [1.82, 2.24) is 4.98 Å². The van der Waals surface area contributed by atoms with E-state index in [0.29, 0.717) is 5.69 Å². The van der Waals surface area contributed by atoms with Gasteiger partial charge in [0.15, 0.2) is 5.78 Å². The minimum absolute atomic E-state index is 0.247. The largest absolute Gasteiger partial charge is 0.352 e. The van der Waals surface area contributed by atoms with E-state index in [1.54, 1.807) is 19.9 Å². The van der Waals surface area contributed by atoms with Crippen molar-refractivity contribution in [2.24, 2.45) is 0 Å². The summed E-state index contributed by atoms with van der Waals surface area (Å²) in [7, 11) is -3.35. The van der Waals surface area contributed by atoms with Crippen LogP contribution in [0.25, 0.3) is 10.9 Å². The van der Waals surface area contributed by atoms with E-state index in [4.69, 9.17) is 9.05 Å². The Kier molecular flexibility index (Phi) is 4.76. The number of nitrogens with one attached hydrogen (secondary N) is 1. The zero-order valence-electron chi connectivity index (χ0n) is 11.6. The predicted molar refractivity (Wildman–Crippen MR) is 78.4 cm³/mol. The molecule has 6 heteroatoms. The summed E-state index contributed by atoms with van der Waals surface area (Å²) < 4.78 is 22.6. The van der Waals surface area contributed by atoms with Crippen LogP contribution in [0.15, 0.2) is 30.3 Å². The number of hydrogen-bond donors (Lipinski definition) is 1. The molecule has 0 unspecified atom stereocenters. The van der Waals surface area contributed by atoms with E-state index < -0.39 is 7.60 Å². The molecule has 0 bridgehead atoms. The molecule has 0 atom stereocenters. The number of fused-ring (bicyclic) bond motifs is 1. The SMILES string of the molecule is CCOP(=O)(CC(=O)c1cc2ccccc2[nH]1)OCC. The number of hydrogen-bond acceptors (Lipinski definition) is 4. The molecule has 0 radical (unpaired) electrons. The smallest absolute Gasteiger partial charge is 0.338 e. The Morgan fingerprint density at radius 1 is 1.20 bits per heavy atom. The van der Waals surface area contributed by atoms with E-state index >= 15 is 0 Å². The summed E-state index contributed by atoms with van der Waals surface area (Å²) in [5.41, 5.74) is 1.30. The Bertz CT molecular complexity index is 606. The van der Waals surface area contributed by atoms with Gasteiger partial charge in [-0.15, -0.1) is 0 Å². The molecule has 1 aromatic carbocycles. The summed E-state index contributed by atoms with van der Waals surface area (Å²) in [6.07, 6.45) is -0.249. The number of ketones is 1. The molecule has 0 amide bonds. The summed E-state index contributed by atoms with van der Waals surface area (Å²) in [6.45, 7) is 3.94. The highest BCUT2D eigenvalue weighted by molar-refractivity contribution is 7.54. The third kappa shape index (κ3) is 3.37. The van der Waals surface area contributed by atoms with Crippen molar-refractivity contribution in [3.05, 3.63) is 36.0 Å². The Labute approximate surface area is 117 Å². The van der Waals surface area contributed by atoms with Gasteiger partial charge in [0.05, 0.1) is 18.9 Å². The van der Waals surface area contributed by atoms with Crippen LogP contribution in [0.5, 0.6) is 0 Å². The molecule has 0 fully saturated rings. The van der Waals surface area contributed by atoms with Gasteiger partial charge in [-0.25, -0.2) is 0 Å². The monoisotopic (exact) mass is 295 g/mol. The van der Waals surface area contributed by atoms with Gasteiger partial charge in [-0.05, 0) is 26.0 Å². The zero-order valence-corrected chi connectivity index (χ0v) is 12.5. The van der Waals surface area contributed by atoms with Gasteiger partial charge in [0.25, 0.3) is 0 Å². The Morgan fingerprint density at radius 3 is 2.45 bits per heavy atom. The summed E-state index contributed by atoms with van der Waals surface area (Å²) in [6, 6.07) is 9.33. The van der Waals surface area contributed by atoms with E-state index in [0.717, 1.165) is 10.9 Å². The Balaban J connectivity index is 2.20. The van der Waals surface area contributed by atoms with E-state index in [1.165, 1.54) is 0 Å². The first-order valence-corrected chi connectivity index (χ1v) is 8.30. The number of carbonyl (C=O) groups excluding carboxylic acids is 1. The molecule has 1 N–H and O–H groups in total. The van der Waals surface area contributed by atoms with Gasteiger partial charge < -0.3 is 14.0 Å². The number of rotatable bonds is 7. The quantitative estimate of drug-likeness (QED) is 0.625. The van der Waals surface area contributed by atoms with Gasteiger partial charge in [0.2, 0.25) is 0 Å². The molecular formula is C14H18NO4P. The molecule has 108 valence electrons. The molecule has 0 aliphatic carbocycles. The minimum Gasteiger partial charge on any atom is -0.352 e. The van der Waals surface area contributed by atoms with E-state index in [2.05, 4.69) is 4.98 Å². The summed E-state index contributed by atoms with van der Waals surface area (Å²) >= 11 is 0. The molecule has 0 aliphatic rings. The van der Waals surface area contributed by atoms with E-state index in [1.807, 2.05) is 24.3 Å². The van der Waals surface area contributed by atoms with Gasteiger partial charge in [0, 0.05) is 10.9 Å². The molecule has 0 saturated carbocycles. The van der Waals surface area contributed by atoms with Gasteiger partial charge in [-0.1, -0.05) is 18.2 Å². The van der Waals surface area contributed by atoms with Crippen LogP contribution in [0.4, 0.5) is 0 Å². The van der Waals surface area contributed by atoms with Crippen LogP contribution >= 0.6 is 7.60 Å². The third-order valence-corrected chi connectivity index (χ3v) is 4.80. The molecule has 1 aromatic heterocycles. The van der Waals surface area contributed by atoms with Crippen molar-refractivity contribution >= 4 is 24.3 Å². The second-order valence-electron chi connectivity index (χ2n) is 4.30. The first-order chi connectivity index (χ1) is 9.58. The maximum absolute atomic E-state index is 12.3. The summed E-state index contributed by atoms with van der Waals surface area (Å²) in [5, 5.41) is 0.943. The first-order valence-electron chi connectivity index (χ1n) is 6.57. The van der Waals surface area contributed by atoms with E-state index in [9.17, 15) is 9.36 Å². The zero-order chi connectivity index (χ0) is 14.6. The number of carbonyl (C=O) groups is 1. The van der Waals surface area contributed by atoms with Crippen LogP contribution in [0.2, 0.25) is 0 Å². The van der Waals surface area contributed by atoms with Gasteiger partial charge in [0.1, 0.15) is 6.16 Å². The molecule has 0 saturated heterocycles. The lowest BCUT2D eigenvalue weighted by molar-refractivity contribution is 0.100. The highest BCUT2D eigenvalue weighted by atomic mass is 31.2. The van der Waals surface area contributed by atoms with Gasteiger partial charge >= 0.3 is 7.60 Å². The second kappa shape index (κ2) is 6.35. The minimum atomic E-state index is -3.35. The maximum Gasteiger partial charge on any atom is 0.338 e. The number of para-hydroxylation sites is 1. The normalized spacial score (nSPS) is 11.9. The molecule has 0 spiro atoms. The van der Waals surface area contributed by atoms with Gasteiger partial charge in [-0.2, -0.15) is 0 Å². The molecular weight excluding hydrogens is 277 g/mol. The van der Waals surface area contributed by atoms with Crippen molar-refractivity contribution in [3.8, 4) is 0 Å². The number of aromatic nitrogens is 1. The molecule has 2 rings (SSSR count). The maximum atomic E-state index is 12.3. The average Bonchev–Trinajstić information content (AvgIpc) is 2.82. The van der Waals surface area contributed by atoms with Crippen LogP contribution in [0, 0.1) is 0 Å². The fraction of sp³-hybridized carbons (Fsp3) is 0.357. The highest BCUT2D eigenvalue weighted by Gasteiger charge is 2.28. The second-order valence-corrected chi connectivity index (χ2v) is 6.35. The summed E-state index contributed by atoms with van der Waals surface area (Å²) in [5.74, 6) is -0.272. The molecule has 2 aromatic rings. The summed E-state index contributed by atoms with van der Waals surface area (Å²) in [4.78, 5) is 15.2. The van der Waals surface area contributed by atoms with Crippen LogP contribution < -0.4 is 0 Å². The predicted octanol–water partition coefficient (Wildman–Crippen LogP) is 3.62. The number of aromatic amines is 1. The molecule has 1 heterocycles. The fourth-order valence-corrected chi connectivity index (χ4v) is 3.57. The van der Waals surface area contributed by atoms with Crippen LogP contribution in [-0.4, -0.2) is 30.1 Å². The average molecular weight is 295 g/mol. The van der Waals surface area contributed by atoms with Crippen LogP contribution in [-0.2, 0) is 13.6 Å². The molecule has 0 aliphatic heterocycles. The Morgan fingerprint density at radius 2 is 1.85 bits per heavy atom. The first kappa shape index (κ1) is 15.0. The van der Waals surface area contributed by atoms with Crippen molar-refractivity contribution in [3.63, 3.8) is 0 Å². The Hall–Kier alpha value is -1.42. The molecule has 20 heavy (non-hydrogen) atoms. The third-order valence-electron chi connectivity index (χ3n) is 2.82. The lowest BCUT2D eigenvalue weighted by Crippen LogP contribution is -2.10. The van der Waals surface area contributed by atoms with Crippen LogP contribution in [0.1, 0.15) is 24.3 Å². The topological polar surface area (TPSA) is 68.4 Å². The number of benzene rings is 1. The van der Waals surface area contributed by atoms with Crippen molar-refractivity contribution < 1.29 is 18.4 Å². The number of Topliss-reactive ketones (excluding diaryl/α,β-unsaturated/α-hetero) is 1. The van der Waals surface area contributed by atoms with Gasteiger partial charge in [-0.3, -0.25) is 9.36 Å². The van der Waals surface area contributed by atoms with Crippen LogP contribution in [0.3, 0.4) is 0 Å². The fourth-order valence-electron chi connectivity index (χ4n) is 2.01. The van der Waals surface area contributed by atoms with Crippen molar-refractivity contribution in [2.45, 2.75) is 13.8 Å². The lowest BCUT2D eigenvalue weighted by Gasteiger charge is -2.15. The highest BCUT2D eigenvalue weighted by Crippen LogP contribution is 2.48. The molecule has 5 nitrogen and oxygen atoms in total. The standard InChI is InChI=1S/C14H18NO4P/c1-3-18-20(17,19-4-2)10-14(16)13-9-11-7-5-6-8-12(11)15-13/h5-9,15H,3-4,10H2,1-2H3. The van der Waals surface area contributed by atoms with Crippen molar-refractivity contribution in [2.75, 3.05) is 19.4 Å². The van der Waals surface area contributed by atoms with Crippen molar-refractivity contribution in [1.29, 1.82) is 0 Å².